The molecule has 8 heteroatoms. The number of hydrogen-bond donors (Lipinski definition) is 2. The van der Waals surface area contributed by atoms with Crippen LogP contribution in [0.2, 0.25) is 0 Å². The Balaban J connectivity index is 1.63. The van der Waals surface area contributed by atoms with Crippen molar-refractivity contribution in [3.05, 3.63) is 70.3 Å². The molecule has 1 heterocycles. The van der Waals surface area contributed by atoms with Gasteiger partial charge in [0.1, 0.15) is 12.3 Å². The molecule has 0 saturated carbocycles. The summed E-state index contributed by atoms with van der Waals surface area (Å²) in [5, 5.41) is 2.94. The Kier molecular flexibility index (Phi) is 5.69. The van der Waals surface area contributed by atoms with Crippen LogP contribution in [0.5, 0.6) is 5.75 Å². The van der Waals surface area contributed by atoms with Crippen LogP contribution in [-0.2, 0) is 9.53 Å². The molecule has 0 aliphatic carbocycles. The van der Waals surface area contributed by atoms with Crippen molar-refractivity contribution in [3.63, 3.8) is 0 Å². The molecule has 144 valence electrons. The van der Waals surface area contributed by atoms with E-state index in [-0.39, 0.29) is 17.9 Å². The smallest absolute Gasteiger partial charge is 0.326 e. The van der Waals surface area contributed by atoms with Crippen LogP contribution in [0.4, 0.5) is 0 Å². The minimum Gasteiger partial charge on any atom is -0.496 e. The molecule has 1 aromatic heterocycles. The Morgan fingerprint density at radius 2 is 1.86 bits per heavy atom. The Bertz CT molecular complexity index is 1080. The number of carbonyl (C=O) groups excluding carboxylic acids is 2. The summed E-state index contributed by atoms with van der Waals surface area (Å²) in [5.41, 5.74) is 0.507. The lowest BCUT2D eigenvalue weighted by Gasteiger charge is -2.14. The van der Waals surface area contributed by atoms with E-state index in [0.717, 1.165) is 0 Å². The summed E-state index contributed by atoms with van der Waals surface area (Å²) in [6, 6.07) is 13.5. The lowest BCUT2D eigenvalue weighted by molar-refractivity contribution is -0.147. The fraction of sp³-hybridized carbons (Fsp3) is 0.200. The highest BCUT2D eigenvalue weighted by atomic mass is 16.5. The number of nitrogens with one attached hydrogen (secondary N) is 2. The van der Waals surface area contributed by atoms with Gasteiger partial charge in [-0.2, -0.15) is 0 Å². The quantitative estimate of drug-likeness (QED) is 0.632. The first-order valence-electron chi connectivity index (χ1n) is 8.59. The maximum absolute atomic E-state index is 12.2. The van der Waals surface area contributed by atoms with Crippen molar-refractivity contribution in [3.8, 4) is 5.75 Å². The highest BCUT2D eigenvalue weighted by Gasteiger charge is 2.17. The zero-order valence-electron chi connectivity index (χ0n) is 15.4. The molecular weight excluding hydrogens is 362 g/mol. The molecule has 2 N–H and O–H groups in total. The van der Waals surface area contributed by atoms with Crippen LogP contribution in [0.3, 0.4) is 0 Å². The number of nitrogens with zero attached hydrogens (tertiary/aromatic N) is 1. The molecule has 2 aromatic carbocycles. The number of ether oxygens (including phenoxy) is 2. The molecule has 0 bridgehead atoms. The topological polar surface area (TPSA) is 110 Å². The summed E-state index contributed by atoms with van der Waals surface area (Å²) in [5.74, 6) is -0.487. The van der Waals surface area contributed by atoms with E-state index in [1.54, 1.807) is 55.5 Å². The van der Waals surface area contributed by atoms with E-state index in [9.17, 15) is 14.4 Å². The van der Waals surface area contributed by atoms with Gasteiger partial charge in [-0.25, -0.2) is 4.98 Å². The van der Waals surface area contributed by atoms with Crippen LogP contribution >= 0.6 is 0 Å². The number of methoxy groups -OCH3 is 1. The van der Waals surface area contributed by atoms with Gasteiger partial charge in [-0.1, -0.05) is 24.3 Å². The van der Waals surface area contributed by atoms with Crippen molar-refractivity contribution in [1.82, 2.24) is 15.3 Å². The SMILES string of the molecule is COc1ccccc1C(=O)NCC(=O)O[C@H](C)c1nc2ccccc2c(=O)[nH]1. The second-order valence-corrected chi connectivity index (χ2v) is 5.98. The average molecular weight is 381 g/mol. The molecule has 0 radical (unpaired) electrons. The van der Waals surface area contributed by atoms with Gasteiger partial charge < -0.3 is 19.8 Å². The zero-order valence-corrected chi connectivity index (χ0v) is 15.4. The number of rotatable bonds is 6. The highest BCUT2D eigenvalue weighted by molar-refractivity contribution is 5.98. The molecule has 0 aliphatic rings. The predicted molar refractivity (Wildman–Crippen MR) is 102 cm³/mol. The highest BCUT2D eigenvalue weighted by Crippen LogP contribution is 2.17. The molecule has 0 saturated heterocycles. The van der Waals surface area contributed by atoms with Crippen molar-refractivity contribution >= 4 is 22.8 Å². The Labute approximate surface area is 160 Å². The van der Waals surface area contributed by atoms with Crippen molar-refractivity contribution in [1.29, 1.82) is 0 Å². The monoisotopic (exact) mass is 381 g/mol. The van der Waals surface area contributed by atoms with E-state index < -0.39 is 18.0 Å². The summed E-state index contributed by atoms with van der Waals surface area (Å²) < 4.78 is 10.4. The van der Waals surface area contributed by atoms with Gasteiger partial charge >= 0.3 is 5.97 Å². The van der Waals surface area contributed by atoms with Crippen LogP contribution in [0.1, 0.15) is 29.2 Å². The number of esters is 1. The Hall–Kier alpha value is -3.68. The number of hydrogen-bond acceptors (Lipinski definition) is 6. The first kappa shape index (κ1) is 19.1. The molecule has 1 atom stereocenters. The van der Waals surface area contributed by atoms with E-state index in [1.165, 1.54) is 7.11 Å². The fourth-order valence-corrected chi connectivity index (χ4v) is 2.67. The van der Waals surface area contributed by atoms with Gasteiger partial charge in [0.05, 0.1) is 23.6 Å². The van der Waals surface area contributed by atoms with Crippen LogP contribution in [0.25, 0.3) is 10.9 Å². The van der Waals surface area contributed by atoms with Gasteiger partial charge in [0.25, 0.3) is 11.5 Å². The first-order valence-corrected chi connectivity index (χ1v) is 8.59. The third-order valence-corrected chi connectivity index (χ3v) is 4.07. The maximum atomic E-state index is 12.2. The summed E-state index contributed by atoms with van der Waals surface area (Å²) in [6.07, 6.45) is -0.784. The van der Waals surface area contributed by atoms with Crippen molar-refractivity contribution in [2.24, 2.45) is 0 Å². The minimum absolute atomic E-state index is 0.230. The Morgan fingerprint density at radius 3 is 2.64 bits per heavy atom. The molecule has 0 aliphatic heterocycles. The van der Waals surface area contributed by atoms with Crippen LogP contribution in [-0.4, -0.2) is 35.5 Å². The average Bonchev–Trinajstić information content (AvgIpc) is 2.71. The fourth-order valence-electron chi connectivity index (χ4n) is 2.67. The van der Waals surface area contributed by atoms with Gasteiger partial charge in [0.15, 0.2) is 11.9 Å². The van der Waals surface area contributed by atoms with Crippen LogP contribution in [0.15, 0.2) is 53.3 Å². The van der Waals surface area contributed by atoms with Crippen LogP contribution in [0, 0.1) is 0 Å². The van der Waals surface area contributed by atoms with E-state index >= 15 is 0 Å². The van der Waals surface area contributed by atoms with Gasteiger partial charge in [0, 0.05) is 0 Å². The summed E-state index contributed by atoms with van der Waals surface area (Å²) in [7, 11) is 1.46. The molecule has 0 fully saturated rings. The molecule has 1 amide bonds. The second kappa shape index (κ2) is 8.34. The van der Waals surface area contributed by atoms with Gasteiger partial charge in [-0.15, -0.1) is 0 Å². The molecule has 3 rings (SSSR count). The number of carbonyl (C=O) groups is 2. The van der Waals surface area contributed by atoms with E-state index in [4.69, 9.17) is 9.47 Å². The minimum atomic E-state index is -0.784. The molecule has 0 unspecified atom stereocenters. The second-order valence-electron chi connectivity index (χ2n) is 5.98. The molecular formula is C20H19N3O5. The number of aromatic amines is 1. The van der Waals surface area contributed by atoms with Crippen LogP contribution < -0.4 is 15.6 Å². The summed E-state index contributed by atoms with van der Waals surface area (Å²) >= 11 is 0. The predicted octanol–water partition coefficient (Wildman–Crippen LogP) is 1.97. The van der Waals surface area contributed by atoms with E-state index in [1.807, 2.05) is 0 Å². The number of aromatic nitrogens is 2. The van der Waals surface area contributed by atoms with Crippen molar-refractivity contribution in [2.45, 2.75) is 13.0 Å². The van der Waals surface area contributed by atoms with Crippen molar-refractivity contribution in [2.75, 3.05) is 13.7 Å². The largest absolute Gasteiger partial charge is 0.496 e. The molecule has 3 aromatic rings. The number of fused-ring (bicyclic) bond motifs is 1. The number of para-hydroxylation sites is 2. The number of H-pyrrole nitrogens is 1. The van der Waals surface area contributed by atoms with E-state index in [0.29, 0.717) is 22.2 Å². The summed E-state index contributed by atoms with van der Waals surface area (Å²) in [4.78, 5) is 43.3. The third-order valence-electron chi connectivity index (χ3n) is 4.07. The van der Waals surface area contributed by atoms with Gasteiger partial charge in [-0.3, -0.25) is 14.4 Å². The third kappa shape index (κ3) is 4.17. The zero-order chi connectivity index (χ0) is 20.1. The molecule has 0 spiro atoms. The maximum Gasteiger partial charge on any atom is 0.326 e. The summed E-state index contributed by atoms with van der Waals surface area (Å²) in [6.45, 7) is 1.26. The molecule has 8 nitrogen and oxygen atoms in total. The standard InChI is InChI=1S/C20H19N3O5/c1-12(18-22-15-9-5-3-7-13(15)20(26)23-18)28-17(24)11-21-19(25)14-8-4-6-10-16(14)27-2/h3-10,12H,11H2,1-2H3,(H,21,25)(H,22,23,26)/t12-/m1/s1. The molecule has 28 heavy (non-hydrogen) atoms. The van der Waals surface area contributed by atoms with Gasteiger partial charge in [0.2, 0.25) is 0 Å². The normalized spacial score (nSPS) is 11.6. The van der Waals surface area contributed by atoms with Gasteiger partial charge in [-0.05, 0) is 31.2 Å². The lowest BCUT2D eigenvalue weighted by Crippen LogP contribution is -2.31. The Morgan fingerprint density at radius 1 is 1.14 bits per heavy atom. The van der Waals surface area contributed by atoms with Crippen molar-refractivity contribution < 1.29 is 19.1 Å². The lowest BCUT2D eigenvalue weighted by atomic mass is 10.2. The first-order chi connectivity index (χ1) is 13.5. The van der Waals surface area contributed by atoms with E-state index in [2.05, 4.69) is 15.3 Å². The number of benzene rings is 2. The number of amides is 1.